The molecular formula is C16H31N3O2. The molecule has 1 heterocycles. The lowest BCUT2D eigenvalue weighted by molar-refractivity contribution is 0.0462. The van der Waals surface area contributed by atoms with Crippen LogP contribution in [0.25, 0.3) is 0 Å². The summed E-state index contributed by atoms with van der Waals surface area (Å²) in [6, 6.07) is 1.31. The average molecular weight is 297 g/mol. The van der Waals surface area contributed by atoms with E-state index in [9.17, 15) is 4.79 Å². The summed E-state index contributed by atoms with van der Waals surface area (Å²) in [6.07, 6.45) is 4.40. The highest BCUT2D eigenvalue weighted by atomic mass is 16.6. The zero-order valence-electron chi connectivity index (χ0n) is 13.9. The number of ether oxygens (including phenoxy) is 1. The maximum atomic E-state index is 11.7. The van der Waals surface area contributed by atoms with Crippen molar-refractivity contribution >= 4 is 6.09 Å². The molecule has 0 bridgehead atoms. The normalized spacial score (nSPS) is 28.0. The summed E-state index contributed by atoms with van der Waals surface area (Å²) in [5.74, 6) is 0. The third kappa shape index (κ3) is 5.83. The quantitative estimate of drug-likeness (QED) is 0.816. The van der Waals surface area contributed by atoms with Crippen molar-refractivity contribution in [3.05, 3.63) is 0 Å². The van der Waals surface area contributed by atoms with Crippen LogP contribution < -0.4 is 10.6 Å². The Labute approximate surface area is 128 Å². The first-order chi connectivity index (χ1) is 9.82. The first kappa shape index (κ1) is 16.6. The summed E-state index contributed by atoms with van der Waals surface area (Å²) in [6.45, 7) is 11.6. The van der Waals surface area contributed by atoms with Gasteiger partial charge in [-0.15, -0.1) is 0 Å². The zero-order valence-corrected chi connectivity index (χ0v) is 13.9. The van der Waals surface area contributed by atoms with Crippen LogP contribution in [0.3, 0.4) is 0 Å². The lowest BCUT2D eigenvalue weighted by Crippen LogP contribution is -2.56. The second-order valence-electron chi connectivity index (χ2n) is 7.59. The lowest BCUT2D eigenvalue weighted by atomic mass is 9.86. The van der Waals surface area contributed by atoms with Crippen LogP contribution >= 0.6 is 0 Å². The standard InChI is InChI=1S/C16H31N3O2/c1-12(11-19-7-5-6-8-19)17-13-9-14(10-13)18-15(20)21-16(2,3)4/h12-14,17H,5-11H2,1-4H3,(H,18,20). The minimum atomic E-state index is -0.421. The number of rotatable bonds is 5. The number of nitrogens with zero attached hydrogens (tertiary/aromatic N) is 1. The Bertz CT molecular complexity index is 342. The van der Waals surface area contributed by atoms with Crippen LogP contribution in [0.4, 0.5) is 4.79 Å². The van der Waals surface area contributed by atoms with Gasteiger partial charge in [-0.25, -0.2) is 4.79 Å². The molecule has 0 radical (unpaired) electrons. The lowest BCUT2D eigenvalue weighted by Gasteiger charge is -2.39. The summed E-state index contributed by atoms with van der Waals surface area (Å²) in [4.78, 5) is 14.2. The molecule has 1 saturated heterocycles. The first-order valence-electron chi connectivity index (χ1n) is 8.30. The SMILES string of the molecule is CC(CN1CCCC1)NC1CC(NC(=O)OC(C)(C)C)C1. The van der Waals surface area contributed by atoms with Crippen molar-refractivity contribution in [3.8, 4) is 0 Å². The van der Waals surface area contributed by atoms with Crippen molar-refractivity contribution in [2.45, 2.75) is 77.1 Å². The molecule has 1 aliphatic heterocycles. The number of alkyl carbamates (subject to hydrolysis) is 1. The third-order valence-corrected chi connectivity index (χ3v) is 4.11. The van der Waals surface area contributed by atoms with E-state index in [0.717, 1.165) is 19.4 Å². The number of nitrogens with one attached hydrogen (secondary N) is 2. The van der Waals surface area contributed by atoms with Gasteiger partial charge in [-0.05, 0) is 66.5 Å². The molecule has 2 rings (SSSR count). The molecule has 5 nitrogen and oxygen atoms in total. The van der Waals surface area contributed by atoms with E-state index >= 15 is 0 Å². The van der Waals surface area contributed by atoms with Gasteiger partial charge in [-0.3, -0.25) is 0 Å². The minimum Gasteiger partial charge on any atom is -0.444 e. The molecule has 0 spiro atoms. The van der Waals surface area contributed by atoms with E-state index in [1.165, 1.54) is 25.9 Å². The molecule has 2 N–H and O–H groups in total. The van der Waals surface area contributed by atoms with E-state index in [4.69, 9.17) is 4.74 Å². The van der Waals surface area contributed by atoms with Gasteiger partial charge < -0.3 is 20.3 Å². The van der Waals surface area contributed by atoms with Crippen molar-refractivity contribution in [1.29, 1.82) is 0 Å². The van der Waals surface area contributed by atoms with Gasteiger partial charge in [0.05, 0.1) is 0 Å². The molecule has 1 saturated carbocycles. The molecule has 122 valence electrons. The van der Waals surface area contributed by atoms with Crippen LogP contribution in [0.2, 0.25) is 0 Å². The number of carbonyl (C=O) groups is 1. The monoisotopic (exact) mass is 297 g/mol. The summed E-state index contributed by atoms with van der Waals surface area (Å²) in [7, 11) is 0. The van der Waals surface area contributed by atoms with Crippen LogP contribution in [0.15, 0.2) is 0 Å². The van der Waals surface area contributed by atoms with E-state index in [0.29, 0.717) is 12.1 Å². The second-order valence-corrected chi connectivity index (χ2v) is 7.59. The molecule has 0 aromatic heterocycles. The Morgan fingerprint density at radius 1 is 1.24 bits per heavy atom. The number of carbonyl (C=O) groups excluding carboxylic acids is 1. The molecule has 1 amide bonds. The predicted molar refractivity (Wildman–Crippen MR) is 84.5 cm³/mol. The Balaban J connectivity index is 1.57. The van der Waals surface area contributed by atoms with Crippen LogP contribution in [0.5, 0.6) is 0 Å². The molecule has 21 heavy (non-hydrogen) atoms. The van der Waals surface area contributed by atoms with Crippen molar-refractivity contribution in [1.82, 2.24) is 15.5 Å². The van der Waals surface area contributed by atoms with Crippen molar-refractivity contribution < 1.29 is 9.53 Å². The fourth-order valence-corrected chi connectivity index (χ4v) is 3.15. The van der Waals surface area contributed by atoms with Crippen LogP contribution in [-0.2, 0) is 4.74 Å². The molecule has 2 aliphatic rings. The molecule has 2 fully saturated rings. The number of hydrogen-bond acceptors (Lipinski definition) is 4. The Kier molecular flexibility index (Phi) is 5.49. The summed E-state index contributed by atoms with van der Waals surface area (Å²) in [5, 5.41) is 6.60. The molecule has 5 heteroatoms. The smallest absolute Gasteiger partial charge is 0.407 e. The number of hydrogen-bond donors (Lipinski definition) is 2. The van der Waals surface area contributed by atoms with Crippen LogP contribution in [-0.4, -0.2) is 54.4 Å². The summed E-state index contributed by atoms with van der Waals surface area (Å²) < 4.78 is 5.27. The highest BCUT2D eigenvalue weighted by Crippen LogP contribution is 2.21. The maximum Gasteiger partial charge on any atom is 0.407 e. The van der Waals surface area contributed by atoms with Crippen LogP contribution in [0.1, 0.15) is 53.4 Å². The second kappa shape index (κ2) is 6.97. The van der Waals surface area contributed by atoms with Crippen molar-refractivity contribution in [2.24, 2.45) is 0 Å². The van der Waals surface area contributed by atoms with E-state index < -0.39 is 5.60 Å². The molecule has 1 aliphatic carbocycles. The zero-order chi connectivity index (χ0) is 15.5. The minimum absolute atomic E-state index is 0.260. The molecule has 0 aromatic rings. The van der Waals surface area contributed by atoms with Gasteiger partial charge in [0.2, 0.25) is 0 Å². The highest BCUT2D eigenvalue weighted by molar-refractivity contribution is 5.68. The largest absolute Gasteiger partial charge is 0.444 e. The first-order valence-corrected chi connectivity index (χ1v) is 8.30. The van der Waals surface area contributed by atoms with Crippen molar-refractivity contribution in [2.75, 3.05) is 19.6 Å². The van der Waals surface area contributed by atoms with Gasteiger partial charge in [0.1, 0.15) is 5.60 Å². The fourth-order valence-electron chi connectivity index (χ4n) is 3.15. The molecular weight excluding hydrogens is 266 g/mol. The Morgan fingerprint density at radius 2 is 1.86 bits per heavy atom. The summed E-state index contributed by atoms with van der Waals surface area (Å²) >= 11 is 0. The topological polar surface area (TPSA) is 53.6 Å². The van der Waals surface area contributed by atoms with Crippen molar-refractivity contribution in [3.63, 3.8) is 0 Å². The summed E-state index contributed by atoms with van der Waals surface area (Å²) in [5.41, 5.74) is -0.421. The van der Waals surface area contributed by atoms with Gasteiger partial charge in [-0.1, -0.05) is 0 Å². The molecule has 0 aromatic carbocycles. The fraction of sp³-hybridized carbons (Fsp3) is 0.938. The number of amides is 1. The van der Waals surface area contributed by atoms with E-state index in [-0.39, 0.29) is 12.1 Å². The van der Waals surface area contributed by atoms with E-state index in [1.54, 1.807) is 0 Å². The van der Waals surface area contributed by atoms with E-state index in [1.807, 2.05) is 20.8 Å². The van der Waals surface area contributed by atoms with Gasteiger partial charge in [0.25, 0.3) is 0 Å². The Hall–Kier alpha value is -0.810. The third-order valence-electron chi connectivity index (χ3n) is 4.11. The molecule has 1 atom stereocenters. The number of likely N-dealkylation sites (tertiary alicyclic amines) is 1. The predicted octanol–water partition coefficient (Wildman–Crippen LogP) is 2.12. The van der Waals surface area contributed by atoms with Gasteiger partial charge in [-0.2, -0.15) is 0 Å². The maximum absolute atomic E-state index is 11.7. The Morgan fingerprint density at radius 3 is 2.43 bits per heavy atom. The van der Waals surface area contributed by atoms with E-state index in [2.05, 4.69) is 22.5 Å². The average Bonchev–Trinajstić information content (AvgIpc) is 2.76. The van der Waals surface area contributed by atoms with Gasteiger partial charge in [0.15, 0.2) is 0 Å². The highest BCUT2D eigenvalue weighted by Gasteiger charge is 2.32. The van der Waals surface area contributed by atoms with Gasteiger partial charge in [0, 0.05) is 24.7 Å². The van der Waals surface area contributed by atoms with Crippen LogP contribution in [0, 0.1) is 0 Å². The van der Waals surface area contributed by atoms with Gasteiger partial charge >= 0.3 is 6.09 Å². The molecule has 1 unspecified atom stereocenters.